The quantitative estimate of drug-likeness (QED) is 0.235. The van der Waals surface area contributed by atoms with Crippen LogP contribution in [0.5, 0.6) is 0 Å². The molecule has 0 aliphatic carbocycles. The molecule has 0 aliphatic heterocycles. The zero-order valence-electron chi connectivity index (χ0n) is 19.6. The summed E-state index contributed by atoms with van der Waals surface area (Å²) in [5.74, 6) is 0.203. The van der Waals surface area contributed by atoms with Crippen LogP contribution >= 0.6 is 15.9 Å². The molecule has 0 radical (unpaired) electrons. The highest BCUT2D eigenvalue weighted by Gasteiger charge is 2.19. The van der Waals surface area contributed by atoms with E-state index in [2.05, 4.69) is 94.1 Å². The van der Waals surface area contributed by atoms with Crippen molar-refractivity contribution < 1.29 is 4.79 Å². The molecule has 0 unspecified atom stereocenters. The largest absolute Gasteiger partial charge is 0.322 e. The van der Waals surface area contributed by atoms with E-state index in [-0.39, 0.29) is 11.9 Å². The van der Waals surface area contributed by atoms with Gasteiger partial charge in [0.2, 0.25) is 0 Å². The maximum Gasteiger partial charge on any atom is 0.322 e. The van der Waals surface area contributed by atoms with Gasteiger partial charge in [-0.3, -0.25) is 0 Å². The first-order valence-corrected chi connectivity index (χ1v) is 12.6. The summed E-state index contributed by atoms with van der Waals surface area (Å²) in [4.78, 5) is 15.2. The summed E-state index contributed by atoms with van der Waals surface area (Å²) >= 11 is 3.53. The molecule has 0 bridgehead atoms. The van der Waals surface area contributed by atoms with Gasteiger partial charge in [-0.2, -0.15) is 0 Å². The number of benzene rings is 4. The topological polar surface area (TPSA) is 32.3 Å². The number of carbonyl (C=O) groups excluding carboxylic acids is 1. The molecule has 3 nitrogen and oxygen atoms in total. The average molecular weight is 525 g/mol. The predicted octanol–water partition coefficient (Wildman–Crippen LogP) is 8.22. The van der Waals surface area contributed by atoms with Crippen molar-refractivity contribution in [3.05, 3.63) is 143 Å². The van der Waals surface area contributed by atoms with Gasteiger partial charge in [0, 0.05) is 23.5 Å². The maximum atomic E-state index is 13.4. The number of urea groups is 1. The lowest BCUT2D eigenvalue weighted by Gasteiger charge is -2.26. The van der Waals surface area contributed by atoms with Gasteiger partial charge in [-0.1, -0.05) is 115 Å². The van der Waals surface area contributed by atoms with Crippen LogP contribution < -0.4 is 5.32 Å². The van der Waals surface area contributed by atoms with Crippen molar-refractivity contribution in [3.63, 3.8) is 0 Å². The third-order valence-electron chi connectivity index (χ3n) is 5.93. The summed E-state index contributed by atoms with van der Waals surface area (Å²) in [6, 6.07) is 38.7. The summed E-state index contributed by atoms with van der Waals surface area (Å²) in [5, 5.41) is 3.07. The first-order valence-electron chi connectivity index (χ1n) is 11.8. The van der Waals surface area contributed by atoms with Gasteiger partial charge < -0.3 is 10.2 Å². The minimum Gasteiger partial charge on any atom is -0.321 e. The first-order chi connectivity index (χ1) is 17.2. The molecule has 0 atom stereocenters. The monoisotopic (exact) mass is 524 g/mol. The number of amides is 2. The standard InChI is InChI=1S/C31H29BrN2O/c32-29-20-10-11-21-30(29)33-31(35)34(23-12-15-25-13-4-1-5-14-25)24-22-28(26-16-6-2-7-17-26)27-18-8-3-9-19-27/h1-21,28H,22-24H2,(H,33,35)/b15-12-. The van der Waals surface area contributed by atoms with Crippen molar-refractivity contribution in [3.8, 4) is 0 Å². The zero-order chi connectivity index (χ0) is 24.3. The van der Waals surface area contributed by atoms with Crippen LogP contribution in [0, 0.1) is 0 Å². The molecule has 1 N–H and O–H groups in total. The molecule has 2 amide bonds. The lowest BCUT2D eigenvalue weighted by Crippen LogP contribution is -2.36. The number of carbonyl (C=O) groups is 1. The Balaban J connectivity index is 1.53. The summed E-state index contributed by atoms with van der Waals surface area (Å²) in [7, 11) is 0. The van der Waals surface area contributed by atoms with Crippen LogP contribution in [0.15, 0.2) is 126 Å². The van der Waals surface area contributed by atoms with Crippen molar-refractivity contribution in [1.29, 1.82) is 0 Å². The average Bonchev–Trinajstić information content (AvgIpc) is 2.91. The molecule has 0 saturated carbocycles. The van der Waals surface area contributed by atoms with Gasteiger partial charge in [-0.05, 0) is 51.2 Å². The fourth-order valence-electron chi connectivity index (χ4n) is 4.09. The van der Waals surface area contributed by atoms with Gasteiger partial charge in [-0.15, -0.1) is 0 Å². The molecule has 4 rings (SSSR count). The van der Waals surface area contributed by atoms with Crippen LogP contribution in [0.2, 0.25) is 0 Å². The Bertz CT molecular complexity index is 1190. The summed E-state index contributed by atoms with van der Waals surface area (Å²) < 4.78 is 0.861. The van der Waals surface area contributed by atoms with E-state index in [0.29, 0.717) is 13.1 Å². The van der Waals surface area contributed by atoms with E-state index in [9.17, 15) is 4.79 Å². The van der Waals surface area contributed by atoms with E-state index in [1.807, 2.05) is 59.5 Å². The number of nitrogens with one attached hydrogen (secondary N) is 1. The van der Waals surface area contributed by atoms with Gasteiger partial charge in [0.25, 0.3) is 0 Å². The maximum absolute atomic E-state index is 13.4. The summed E-state index contributed by atoms with van der Waals surface area (Å²) in [5.41, 5.74) is 4.39. The van der Waals surface area contributed by atoms with Crippen LogP contribution in [-0.4, -0.2) is 24.0 Å². The number of hydrogen-bond donors (Lipinski definition) is 1. The highest BCUT2D eigenvalue weighted by Crippen LogP contribution is 2.28. The molecule has 0 fully saturated rings. The summed E-state index contributed by atoms with van der Waals surface area (Å²) in [6.45, 7) is 1.13. The Morgan fingerprint density at radius 2 is 1.31 bits per heavy atom. The van der Waals surface area contributed by atoms with E-state index in [1.165, 1.54) is 11.1 Å². The van der Waals surface area contributed by atoms with Crippen molar-refractivity contribution in [1.82, 2.24) is 4.90 Å². The van der Waals surface area contributed by atoms with E-state index in [0.717, 1.165) is 22.1 Å². The molecule has 4 aromatic rings. The molecular weight excluding hydrogens is 496 g/mol. The number of nitrogens with zero attached hydrogens (tertiary/aromatic N) is 1. The van der Waals surface area contributed by atoms with Gasteiger partial charge in [0.15, 0.2) is 0 Å². The van der Waals surface area contributed by atoms with Crippen LogP contribution in [0.3, 0.4) is 0 Å². The summed E-state index contributed by atoms with van der Waals surface area (Å²) in [6.07, 6.45) is 4.93. The van der Waals surface area contributed by atoms with Crippen LogP contribution in [0.1, 0.15) is 29.0 Å². The Morgan fingerprint density at radius 1 is 0.771 bits per heavy atom. The molecule has 4 aromatic carbocycles. The van der Waals surface area contributed by atoms with E-state index in [4.69, 9.17) is 0 Å². The fourth-order valence-corrected chi connectivity index (χ4v) is 4.48. The van der Waals surface area contributed by atoms with Crippen LogP contribution in [-0.2, 0) is 0 Å². The predicted molar refractivity (Wildman–Crippen MR) is 150 cm³/mol. The number of halogens is 1. The highest BCUT2D eigenvalue weighted by atomic mass is 79.9. The second-order valence-electron chi connectivity index (χ2n) is 8.33. The Labute approximate surface area is 216 Å². The SMILES string of the molecule is O=C(Nc1ccccc1Br)N(C/C=C\c1ccccc1)CCC(c1ccccc1)c1ccccc1. The van der Waals surface area contributed by atoms with Gasteiger partial charge in [-0.25, -0.2) is 4.79 Å². The molecule has 0 aliphatic rings. The highest BCUT2D eigenvalue weighted by molar-refractivity contribution is 9.10. The van der Waals surface area contributed by atoms with E-state index in [1.54, 1.807) is 0 Å². The third-order valence-corrected chi connectivity index (χ3v) is 6.62. The molecule has 0 aromatic heterocycles. The lowest BCUT2D eigenvalue weighted by molar-refractivity contribution is 0.216. The van der Waals surface area contributed by atoms with Crippen LogP contribution in [0.4, 0.5) is 10.5 Å². The smallest absolute Gasteiger partial charge is 0.321 e. The molecule has 0 saturated heterocycles. The molecule has 35 heavy (non-hydrogen) atoms. The Morgan fingerprint density at radius 3 is 1.91 bits per heavy atom. The normalized spacial score (nSPS) is 11.0. The molecule has 4 heteroatoms. The Kier molecular flexibility index (Phi) is 8.91. The van der Waals surface area contributed by atoms with Crippen LogP contribution in [0.25, 0.3) is 6.08 Å². The van der Waals surface area contributed by atoms with Gasteiger partial charge in [0.1, 0.15) is 0 Å². The van der Waals surface area contributed by atoms with Gasteiger partial charge in [0.05, 0.1) is 5.69 Å². The Hall–Kier alpha value is -3.63. The third kappa shape index (κ3) is 7.17. The van der Waals surface area contributed by atoms with E-state index < -0.39 is 0 Å². The molecule has 0 heterocycles. The number of rotatable bonds is 9. The minimum absolute atomic E-state index is 0.116. The lowest BCUT2D eigenvalue weighted by atomic mass is 9.88. The van der Waals surface area contributed by atoms with Crippen molar-refractivity contribution in [2.24, 2.45) is 0 Å². The van der Waals surface area contributed by atoms with E-state index >= 15 is 0 Å². The molecular formula is C31H29BrN2O. The zero-order valence-corrected chi connectivity index (χ0v) is 21.1. The number of anilines is 1. The minimum atomic E-state index is -0.116. The molecule has 176 valence electrons. The van der Waals surface area contributed by atoms with Crippen molar-refractivity contribution in [2.45, 2.75) is 12.3 Å². The number of para-hydroxylation sites is 1. The van der Waals surface area contributed by atoms with Crippen molar-refractivity contribution in [2.75, 3.05) is 18.4 Å². The second-order valence-corrected chi connectivity index (χ2v) is 9.19. The second kappa shape index (κ2) is 12.7. The van der Waals surface area contributed by atoms with Crippen molar-refractivity contribution >= 4 is 33.7 Å². The fraction of sp³-hybridized carbons (Fsp3) is 0.129. The van der Waals surface area contributed by atoms with Gasteiger partial charge >= 0.3 is 6.03 Å². The first kappa shape index (κ1) is 24.5. The number of hydrogen-bond acceptors (Lipinski definition) is 1. The molecule has 0 spiro atoms.